The minimum absolute atomic E-state index is 0. The predicted octanol–water partition coefficient (Wildman–Crippen LogP) is 12.1. The van der Waals surface area contributed by atoms with Crippen LogP contribution in [0, 0.1) is 12.1 Å². The van der Waals surface area contributed by atoms with E-state index in [1.165, 1.54) is 23.0 Å². The van der Waals surface area contributed by atoms with E-state index in [9.17, 15) is 0 Å². The molecule has 2 aromatic heterocycles. The average molecular weight is 931 g/mol. The largest absolute Gasteiger partial charge is 2.00 e. The summed E-state index contributed by atoms with van der Waals surface area (Å²) in [6.45, 7) is 20.4. The van der Waals surface area contributed by atoms with E-state index in [4.69, 9.17) is 9.72 Å². The zero-order valence-electron chi connectivity index (χ0n) is 34.2. The Balaban J connectivity index is 0.00000496. The summed E-state index contributed by atoms with van der Waals surface area (Å²) in [5.74, 6) is 1.13. The smallest absolute Gasteiger partial charge is 0.509 e. The zero-order valence-corrected chi connectivity index (χ0v) is 36.4. The molecule has 0 aliphatic carbocycles. The summed E-state index contributed by atoms with van der Waals surface area (Å²) in [5.41, 5.74) is 10.8. The molecule has 0 spiro atoms. The molecule has 0 radical (unpaired) electrons. The Morgan fingerprint density at radius 2 is 1.18 bits per heavy atom. The van der Waals surface area contributed by atoms with E-state index in [2.05, 4.69) is 174 Å². The van der Waals surface area contributed by atoms with Crippen molar-refractivity contribution < 1.29 is 25.8 Å². The van der Waals surface area contributed by atoms with Crippen LogP contribution in [0.1, 0.15) is 101 Å². The molecular weight excluding hydrogens is 882 g/mol. The SMILES string of the molecule is CC(C)(C)c1ccc(N2c3ccc(C(C)(C)C)cc3C(c3[c-]c(Oc4[c-]c(-n5cncn5)ccc4)ccc3)(c3ccccn3)c3cc(C(C)(C)C)ccc32)cc1.[Pt+2]. The molecule has 290 valence electrons. The van der Waals surface area contributed by atoms with E-state index in [1.807, 2.05) is 36.5 Å². The predicted molar refractivity (Wildman–Crippen MR) is 226 cm³/mol. The van der Waals surface area contributed by atoms with E-state index in [-0.39, 0.29) is 37.3 Å². The fraction of sp³-hybridized carbons (Fsp3) is 0.260. The molecule has 0 amide bonds. The van der Waals surface area contributed by atoms with Gasteiger partial charge in [-0.2, -0.15) is 23.3 Å². The summed E-state index contributed by atoms with van der Waals surface area (Å²) < 4.78 is 8.25. The molecule has 3 heterocycles. The number of pyridine rings is 1. The summed E-state index contributed by atoms with van der Waals surface area (Å²) >= 11 is 0. The first-order valence-electron chi connectivity index (χ1n) is 19.3. The molecule has 0 unspecified atom stereocenters. The maximum absolute atomic E-state index is 6.59. The van der Waals surface area contributed by atoms with E-state index >= 15 is 0 Å². The first kappa shape index (κ1) is 39.9. The molecule has 1 aliphatic rings. The number of hydrogen-bond donors (Lipinski definition) is 0. The van der Waals surface area contributed by atoms with Crippen molar-refractivity contribution in [3.8, 4) is 17.2 Å². The fourth-order valence-corrected chi connectivity index (χ4v) is 7.75. The molecule has 57 heavy (non-hydrogen) atoms. The van der Waals surface area contributed by atoms with Crippen LogP contribution in [0.15, 0.2) is 134 Å². The first-order chi connectivity index (χ1) is 26.6. The van der Waals surface area contributed by atoms with Crippen molar-refractivity contribution in [1.29, 1.82) is 0 Å². The molecule has 7 heteroatoms. The number of ether oxygens (including phenoxy) is 1. The third kappa shape index (κ3) is 7.37. The molecule has 5 aromatic carbocycles. The van der Waals surface area contributed by atoms with Gasteiger partial charge in [-0.15, -0.1) is 35.9 Å². The summed E-state index contributed by atoms with van der Waals surface area (Å²) in [5, 5.41) is 4.29. The van der Waals surface area contributed by atoms with Gasteiger partial charge in [-0.1, -0.05) is 105 Å². The third-order valence-electron chi connectivity index (χ3n) is 10.9. The van der Waals surface area contributed by atoms with Gasteiger partial charge in [-0.25, -0.2) is 9.67 Å². The standard InChI is InChI=1S/C50H49N5O.Pt/c1-47(2,3)34-19-23-38(24-20-34)55-44-25-21-35(48(4,5)6)29-42(44)50(46-18-10-11-27-52-46,43-30-36(49(7,8)9)22-26-45(43)55)37-14-12-16-40(28-37)56-41-17-13-15-39(31-41)54-33-51-32-53-54;/h10-27,29-30,32-33H,1-9H3;/q-2;+2. The van der Waals surface area contributed by atoms with Crippen LogP contribution in [0.4, 0.5) is 17.1 Å². The van der Waals surface area contributed by atoms with Crippen molar-refractivity contribution >= 4 is 17.1 Å². The Kier molecular flexibility index (Phi) is 10.4. The van der Waals surface area contributed by atoms with Crippen LogP contribution >= 0.6 is 0 Å². The van der Waals surface area contributed by atoms with Gasteiger partial charge in [0.05, 0.1) is 22.5 Å². The van der Waals surface area contributed by atoms with E-state index in [0.717, 1.165) is 45.1 Å². The number of nitrogens with zero attached hydrogens (tertiary/aromatic N) is 5. The van der Waals surface area contributed by atoms with Gasteiger partial charge in [0.1, 0.15) is 12.7 Å². The molecule has 1 aliphatic heterocycles. The number of rotatable bonds is 6. The van der Waals surface area contributed by atoms with Gasteiger partial charge in [0.2, 0.25) is 0 Å². The Morgan fingerprint density at radius 1 is 0.596 bits per heavy atom. The van der Waals surface area contributed by atoms with E-state index < -0.39 is 5.41 Å². The molecule has 6 nitrogen and oxygen atoms in total. The van der Waals surface area contributed by atoms with Crippen LogP contribution in [0.2, 0.25) is 0 Å². The van der Waals surface area contributed by atoms with Gasteiger partial charge in [0.15, 0.2) is 0 Å². The monoisotopic (exact) mass is 930 g/mol. The van der Waals surface area contributed by atoms with Gasteiger partial charge < -0.3 is 9.64 Å². The first-order valence-corrected chi connectivity index (χ1v) is 19.3. The Hall–Kier alpha value is -5.32. The zero-order chi connectivity index (χ0) is 39.5. The summed E-state index contributed by atoms with van der Waals surface area (Å²) in [6.07, 6.45) is 5.06. The molecule has 7 aromatic rings. The summed E-state index contributed by atoms with van der Waals surface area (Å²) in [7, 11) is 0. The van der Waals surface area contributed by atoms with Gasteiger partial charge in [0.25, 0.3) is 0 Å². The Bertz CT molecular complexity index is 2440. The van der Waals surface area contributed by atoms with Crippen LogP contribution < -0.4 is 9.64 Å². The number of benzene rings is 5. The molecule has 0 fully saturated rings. The second-order valence-corrected chi connectivity index (χ2v) is 17.8. The topological polar surface area (TPSA) is 56.1 Å². The van der Waals surface area contributed by atoms with E-state index in [0.29, 0.717) is 11.5 Å². The normalized spacial score (nSPS) is 13.7. The molecule has 0 saturated carbocycles. The fourth-order valence-electron chi connectivity index (χ4n) is 7.75. The van der Waals surface area contributed by atoms with Crippen molar-refractivity contribution in [3.63, 3.8) is 0 Å². The second kappa shape index (κ2) is 14.9. The maximum atomic E-state index is 6.59. The van der Waals surface area contributed by atoms with Gasteiger partial charge >= 0.3 is 21.1 Å². The van der Waals surface area contributed by atoms with Crippen molar-refractivity contribution in [1.82, 2.24) is 19.7 Å². The summed E-state index contributed by atoms with van der Waals surface area (Å²) in [6, 6.07) is 48.4. The van der Waals surface area contributed by atoms with Crippen molar-refractivity contribution in [2.75, 3.05) is 4.90 Å². The molecule has 0 N–H and O–H groups in total. The van der Waals surface area contributed by atoms with E-state index in [1.54, 1.807) is 11.0 Å². The minimum Gasteiger partial charge on any atom is -0.509 e. The number of aromatic nitrogens is 4. The van der Waals surface area contributed by atoms with Gasteiger partial charge in [0, 0.05) is 23.4 Å². The Labute approximate surface area is 352 Å². The molecule has 0 bridgehead atoms. The number of anilines is 3. The van der Waals surface area contributed by atoms with Crippen molar-refractivity contribution in [2.24, 2.45) is 0 Å². The van der Waals surface area contributed by atoms with Gasteiger partial charge in [-0.3, -0.25) is 4.98 Å². The van der Waals surface area contributed by atoms with Crippen molar-refractivity contribution in [3.05, 3.63) is 185 Å². The number of fused-ring (bicyclic) bond motifs is 2. The molecule has 0 saturated heterocycles. The van der Waals surface area contributed by atoms with Crippen molar-refractivity contribution in [2.45, 2.75) is 84.0 Å². The minimum atomic E-state index is -0.873. The van der Waals surface area contributed by atoms with Crippen LogP contribution in [-0.4, -0.2) is 19.7 Å². The molecular formula is C50H49N5OPt. The third-order valence-corrected chi connectivity index (χ3v) is 10.9. The molecule has 0 atom stereocenters. The number of hydrogen-bond acceptors (Lipinski definition) is 5. The summed E-state index contributed by atoms with van der Waals surface area (Å²) in [4.78, 5) is 11.8. The average Bonchev–Trinajstić information content (AvgIpc) is 3.72. The van der Waals surface area contributed by atoms with Crippen LogP contribution in [0.25, 0.3) is 5.69 Å². The van der Waals surface area contributed by atoms with Crippen LogP contribution in [-0.2, 0) is 42.7 Å². The second-order valence-electron chi connectivity index (χ2n) is 17.8. The quantitative estimate of drug-likeness (QED) is 0.156. The Morgan fingerprint density at radius 3 is 1.72 bits per heavy atom. The molecule has 8 rings (SSSR count). The van der Waals surface area contributed by atoms with Crippen LogP contribution in [0.5, 0.6) is 11.5 Å². The van der Waals surface area contributed by atoms with Gasteiger partial charge in [-0.05, 0) is 86.1 Å². The maximum Gasteiger partial charge on any atom is 2.00 e. The van der Waals surface area contributed by atoms with Crippen LogP contribution in [0.3, 0.4) is 0 Å².